The molecule has 0 spiro atoms. The van der Waals surface area contributed by atoms with Gasteiger partial charge in [-0.2, -0.15) is 0 Å². The molecule has 0 aliphatic heterocycles. The van der Waals surface area contributed by atoms with Crippen molar-refractivity contribution in [2.24, 2.45) is 0 Å². The Bertz CT molecular complexity index is 3470. The van der Waals surface area contributed by atoms with E-state index in [9.17, 15) is 0 Å². The maximum absolute atomic E-state index is 6.53. The standard InChI is InChI=1S/C54H35N3OS/c1-54(2)42-20-8-6-15-37(42)48-36(17-10-21-43(48)54)33-27-25-32(26-28-33)35-29-30-44-41(31-35)49-39(18-11-22-45(49)58-44)52-55-51(34-13-4-3-5-14-34)56-53(57-52)40-19-12-24-47-50(40)38-16-7-9-23-46(38)59-47/h3-31H,1-2H3. The van der Waals surface area contributed by atoms with Gasteiger partial charge in [0.05, 0.1) is 0 Å². The number of hydrogen-bond acceptors (Lipinski definition) is 5. The van der Waals surface area contributed by atoms with Crippen LogP contribution >= 0.6 is 11.3 Å². The molecule has 0 atom stereocenters. The van der Waals surface area contributed by atoms with Gasteiger partial charge in [0, 0.05) is 53.1 Å². The van der Waals surface area contributed by atoms with Gasteiger partial charge in [-0.1, -0.05) is 159 Å². The summed E-state index contributed by atoms with van der Waals surface area (Å²) < 4.78 is 8.97. The molecule has 0 radical (unpaired) electrons. The number of thiophene rings is 1. The van der Waals surface area contributed by atoms with Gasteiger partial charge in [0.1, 0.15) is 11.2 Å². The number of furan rings is 1. The number of nitrogens with zero attached hydrogens (tertiary/aromatic N) is 3. The quantitative estimate of drug-likeness (QED) is 0.175. The van der Waals surface area contributed by atoms with Gasteiger partial charge in [-0.25, -0.2) is 15.0 Å². The van der Waals surface area contributed by atoms with Crippen LogP contribution in [-0.4, -0.2) is 15.0 Å². The molecule has 1 aliphatic rings. The third-order valence-electron chi connectivity index (χ3n) is 12.2. The van der Waals surface area contributed by atoms with Gasteiger partial charge in [-0.05, 0) is 74.8 Å². The third-order valence-corrected chi connectivity index (χ3v) is 13.3. The van der Waals surface area contributed by atoms with Crippen LogP contribution in [0.3, 0.4) is 0 Å². The van der Waals surface area contributed by atoms with E-state index in [1.165, 1.54) is 48.2 Å². The van der Waals surface area contributed by atoms with Crippen molar-refractivity contribution in [1.82, 2.24) is 15.0 Å². The van der Waals surface area contributed by atoms with E-state index in [0.29, 0.717) is 17.5 Å². The first-order valence-corrected chi connectivity index (χ1v) is 20.8. The second-order valence-corrected chi connectivity index (χ2v) is 17.0. The van der Waals surface area contributed by atoms with Crippen molar-refractivity contribution in [3.05, 3.63) is 187 Å². The molecular formula is C54H35N3OS. The first-order valence-electron chi connectivity index (χ1n) is 20.0. The molecule has 0 unspecified atom stereocenters. The van der Waals surface area contributed by atoms with E-state index < -0.39 is 0 Å². The van der Waals surface area contributed by atoms with Gasteiger partial charge in [0.2, 0.25) is 0 Å². The Hall–Kier alpha value is -7.21. The second kappa shape index (κ2) is 12.9. The summed E-state index contributed by atoms with van der Waals surface area (Å²) in [6.45, 7) is 4.67. The van der Waals surface area contributed by atoms with Gasteiger partial charge in [0.15, 0.2) is 17.5 Å². The van der Waals surface area contributed by atoms with Crippen LogP contribution in [0.1, 0.15) is 25.0 Å². The molecular weight excluding hydrogens is 739 g/mol. The lowest BCUT2D eigenvalue weighted by molar-refractivity contribution is 0.660. The van der Waals surface area contributed by atoms with Crippen LogP contribution in [0.15, 0.2) is 180 Å². The fraction of sp³-hybridized carbons (Fsp3) is 0.0556. The normalized spacial score (nSPS) is 13.1. The predicted octanol–water partition coefficient (Wildman–Crippen LogP) is 14.8. The largest absolute Gasteiger partial charge is 0.456 e. The Morgan fingerprint density at radius 2 is 1.02 bits per heavy atom. The van der Waals surface area contributed by atoms with Crippen LogP contribution in [0.4, 0.5) is 0 Å². The van der Waals surface area contributed by atoms with Crippen LogP contribution in [0.5, 0.6) is 0 Å². The number of aromatic nitrogens is 3. The van der Waals surface area contributed by atoms with Gasteiger partial charge in [0.25, 0.3) is 0 Å². The lowest BCUT2D eigenvalue weighted by Gasteiger charge is -2.21. The topological polar surface area (TPSA) is 51.8 Å². The zero-order valence-electron chi connectivity index (χ0n) is 32.4. The minimum absolute atomic E-state index is 0.0392. The maximum atomic E-state index is 6.53. The number of hydrogen-bond donors (Lipinski definition) is 0. The van der Waals surface area contributed by atoms with Crippen molar-refractivity contribution in [2.75, 3.05) is 0 Å². The van der Waals surface area contributed by atoms with E-state index in [1.807, 2.05) is 30.3 Å². The molecule has 0 fully saturated rings. The summed E-state index contributed by atoms with van der Waals surface area (Å²) in [5, 5.41) is 4.37. The van der Waals surface area contributed by atoms with Crippen molar-refractivity contribution in [3.63, 3.8) is 0 Å². The molecule has 0 bridgehead atoms. The fourth-order valence-corrected chi connectivity index (χ4v) is 10.5. The zero-order valence-corrected chi connectivity index (χ0v) is 33.2. The Morgan fingerprint density at radius 1 is 0.407 bits per heavy atom. The molecule has 3 heterocycles. The highest BCUT2D eigenvalue weighted by molar-refractivity contribution is 7.25. The van der Waals surface area contributed by atoms with Crippen LogP contribution in [0.2, 0.25) is 0 Å². The number of rotatable bonds is 5. The summed E-state index contributed by atoms with van der Waals surface area (Å²) in [6.07, 6.45) is 0. The molecule has 8 aromatic carbocycles. The summed E-state index contributed by atoms with van der Waals surface area (Å²) in [4.78, 5) is 15.6. The smallest absolute Gasteiger partial charge is 0.164 e. The average Bonchev–Trinajstić information content (AvgIpc) is 3.94. The highest BCUT2D eigenvalue weighted by atomic mass is 32.1. The third kappa shape index (κ3) is 5.25. The van der Waals surface area contributed by atoms with Crippen LogP contribution < -0.4 is 0 Å². The molecule has 11 aromatic rings. The molecule has 59 heavy (non-hydrogen) atoms. The first-order chi connectivity index (χ1) is 29.0. The molecule has 4 nitrogen and oxygen atoms in total. The molecule has 0 N–H and O–H groups in total. The van der Waals surface area contributed by atoms with Gasteiger partial charge >= 0.3 is 0 Å². The Balaban J connectivity index is 0.996. The van der Waals surface area contributed by atoms with Crippen LogP contribution in [0, 0.1) is 0 Å². The molecule has 12 rings (SSSR count). The Morgan fingerprint density at radius 3 is 1.86 bits per heavy atom. The van der Waals surface area contributed by atoms with Gasteiger partial charge < -0.3 is 4.42 Å². The highest BCUT2D eigenvalue weighted by Crippen LogP contribution is 2.52. The van der Waals surface area contributed by atoms with Crippen molar-refractivity contribution in [2.45, 2.75) is 19.3 Å². The summed E-state index contributed by atoms with van der Waals surface area (Å²) in [6, 6.07) is 62.4. The van der Waals surface area contributed by atoms with E-state index in [1.54, 1.807) is 11.3 Å². The number of fused-ring (bicyclic) bond motifs is 9. The van der Waals surface area contributed by atoms with Crippen LogP contribution in [0.25, 0.3) is 110 Å². The second-order valence-electron chi connectivity index (χ2n) is 15.9. The predicted molar refractivity (Wildman–Crippen MR) is 245 cm³/mol. The summed E-state index contributed by atoms with van der Waals surface area (Å²) in [5.41, 5.74) is 14.6. The van der Waals surface area contributed by atoms with Crippen molar-refractivity contribution >= 4 is 53.4 Å². The lowest BCUT2D eigenvalue weighted by Crippen LogP contribution is -2.14. The molecule has 0 saturated carbocycles. The van der Waals surface area contributed by atoms with Gasteiger partial charge in [-0.3, -0.25) is 0 Å². The Labute approximate surface area is 345 Å². The summed E-state index contributed by atoms with van der Waals surface area (Å²) in [5.74, 6) is 1.88. The van der Waals surface area contributed by atoms with E-state index in [0.717, 1.165) is 55.1 Å². The van der Waals surface area contributed by atoms with E-state index in [4.69, 9.17) is 19.4 Å². The number of benzene rings is 8. The molecule has 0 amide bonds. The van der Waals surface area contributed by atoms with E-state index in [-0.39, 0.29) is 5.41 Å². The minimum atomic E-state index is -0.0392. The van der Waals surface area contributed by atoms with Crippen molar-refractivity contribution < 1.29 is 4.42 Å². The summed E-state index contributed by atoms with van der Waals surface area (Å²) in [7, 11) is 0. The molecule has 5 heteroatoms. The molecule has 3 aromatic heterocycles. The van der Waals surface area contributed by atoms with E-state index in [2.05, 4.69) is 159 Å². The minimum Gasteiger partial charge on any atom is -0.456 e. The van der Waals surface area contributed by atoms with Crippen molar-refractivity contribution in [3.8, 4) is 67.5 Å². The molecule has 1 aliphatic carbocycles. The average molecular weight is 774 g/mol. The molecule has 278 valence electrons. The lowest BCUT2D eigenvalue weighted by atomic mass is 9.82. The zero-order chi connectivity index (χ0) is 39.2. The van der Waals surface area contributed by atoms with Gasteiger partial charge in [-0.15, -0.1) is 11.3 Å². The fourth-order valence-electron chi connectivity index (χ4n) is 9.32. The monoisotopic (exact) mass is 773 g/mol. The Kier molecular flexibility index (Phi) is 7.41. The van der Waals surface area contributed by atoms with E-state index >= 15 is 0 Å². The van der Waals surface area contributed by atoms with Crippen molar-refractivity contribution in [1.29, 1.82) is 0 Å². The summed E-state index contributed by atoms with van der Waals surface area (Å²) >= 11 is 1.79. The maximum Gasteiger partial charge on any atom is 0.164 e. The van der Waals surface area contributed by atoms with Crippen LogP contribution in [-0.2, 0) is 5.41 Å². The SMILES string of the molecule is CC1(C)c2ccccc2-c2c(-c3ccc(-c4ccc5oc6cccc(-c7nc(-c8ccccc8)nc(-c8cccc9sc%10ccccc%10c89)n7)c6c5c4)cc3)cccc21. The molecule has 0 saturated heterocycles. The first kappa shape index (κ1) is 33.9. The highest BCUT2D eigenvalue weighted by Gasteiger charge is 2.36.